The summed E-state index contributed by atoms with van der Waals surface area (Å²) in [7, 11) is 0. The Bertz CT molecular complexity index is 859. The zero-order valence-corrected chi connectivity index (χ0v) is 14.3. The van der Waals surface area contributed by atoms with E-state index in [0.29, 0.717) is 15.9 Å². The zero-order valence-electron chi connectivity index (χ0n) is 12.7. The molecule has 0 aliphatic rings. The standard InChI is InChI=1S/C17H15ClN2O2S/c1-10-3-5-12(6-4-10)22-9-15(21)19-17-20-16-11(2)13(18)7-8-14(16)23-17/h3-8H,9H2,1-2H3,(H,19,20,21). The minimum atomic E-state index is -0.242. The van der Waals surface area contributed by atoms with Gasteiger partial charge < -0.3 is 4.74 Å². The molecule has 1 amide bonds. The molecule has 0 fully saturated rings. The lowest BCUT2D eigenvalue weighted by molar-refractivity contribution is -0.118. The average Bonchev–Trinajstić information content (AvgIpc) is 2.94. The Labute approximate surface area is 143 Å². The molecule has 0 bridgehead atoms. The highest BCUT2D eigenvalue weighted by Gasteiger charge is 2.11. The number of benzene rings is 2. The van der Waals surface area contributed by atoms with E-state index in [1.807, 2.05) is 50.2 Å². The first-order valence-corrected chi connectivity index (χ1v) is 8.27. The van der Waals surface area contributed by atoms with Crippen LogP contribution in [0, 0.1) is 13.8 Å². The minimum absolute atomic E-state index is 0.0568. The summed E-state index contributed by atoms with van der Waals surface area (Å²) < 4.78 is 6.44. The Balaban J connectivity index is 1.66. The van der Waals surface area contributed by atoms with E-state index in [1.165, 1.54) is 11.3 Å². The summed E-state index contributed by atoms with van der Waals surface area (Å²) in [6.45, 7) is 3.85. The number of anilines is 1. The van der Waals surface area contributed by atoms with Crippen LogP contribution >= 0.6 is 22.9 Å². The fraction of sp³-hybridized carbons (Fsp3) is 0.176. The topological polar surface area (TPSA) is 51.2 Å². The van der Waals surface area contributed by atoms with Crippen LogP contribution in [-0.4, -0.2) is 17.5 Å². The maximum absolute atomic E-state index is 12.0. The van der Waals surface area contributed by atoms with E-state index in [4.69, 9.17) is 16.3 Å². The number of fused-ring (bicyclic) bond motifs is 1. The van der Waals surface area contributed by atoms with Crippen molar-refractivity contribution in [2.45, 2.75) is 13.8 Å². The van der Waals surface area contributed by atoms with Crippen molar-refractivity contribution in [2.75, 3.05) is 11.9 Å². The molecule has 23 heavy (non-hydrogen) atoms. The number of carbonyl (C=O) groups is 1. The van der Waals surface area contributed by atoms with E-state index in [1.54, 1.807) is 0 Å². The maximum atomic E-state index is 12.0. The second kappa shape index (κ2) is 6.56. The molecule has 1 N–H and O–H groups in total. The highest BCUT2D eigenvalue weighted by molar-refractivity contribution is 7.22. The number of amides is 1. The van der Waals surface area contributed by atoms with Gasteiger partial charge in [-0.15, -0.1) is 0 Å². The van der Waals surface area contributed by atoms with Crippen molar-refractivity contribution in [1.82, 2.24) is 4.98 Å². The molecule has 0 atom stereocenters. The predicted octanol–water partition coefficient (Wildman–Crippen LogP) is 4.58. The van der Waals surface area contributed by atoms with Crippen LogP contribution in [0.25, 0.3) is 10.2 Å². The van der Waals surface area contributed by atoms with Crippen molar-refractivity contribution < 1.29 is 9.53 Å². The zero-order chi connectivity index (χ0) is 16.4. The molecule has 1 aromatic heterocycles. The van der Waals surface area contributed by atoms with Crippen LogP contribution in [0.3, 0.4) is 0 Å². The van der Waals surface area contributed by atoms with Gasteiger partial charge in [-0.25, -0.2) is 4.98 Å². The monoisotopic (exact) mass is 346 g/mol. The van der Waals surface area contributed by atoms with Crippen LogP contribution in [0.4, 0.5) is 5.13 Å². The summed E-state index contributed by atoms with van der Waals surface area (Å²) in [4.78, 5) is 16.4. The Morgan fingerprint density at radius 3 is 2.70 bits per heavy atom. The van der Waals surface area contributed by atoms with Crippen molar-refractivity contribution >= 4 is 44.2 Å². The second-order valence-electron chi connectivity index (χ2n) is 5.19. The Hall–Kier alpha value is -2.11. The number of ether oxygens (including phenoxy) is 1. The van der Waals surface area contributed by atoms with Crippen LogP contribution in [0.15, 0.2) is 36.4 Å². The molecule has 4 nitrogen and oxygen atoms in total. The van der Waals surface area contributed by atoms with Gasteiger partial charge in [-0.3, -0.25) is 10.1 Å². The van der Waals surface area contributed by atoms with Crippen LogP contribution in [0.1, 0.15) is 11.1 Å². The van der Waals surface area contributed by atoms with Crippen molar-refractivity contribution in [2.24, 2.45) is 0 Å². The second-order valence-corrected chi connectivity index (χ2v) is 6.63. The molecule has 1 heterocycles. The van der Waals surface area contributed by atoms with E-state index < -0.39 is 0 Å². The number of aromatic nitrogens is 1. The van der Waals surface area contributed by atoms with Gasteiger partial charge in [0, 0.05) is 5.02 Å². The first-order chi connectivity index (χ1) is 11.0. The van der Waals surface area contributed by atoms with Crippen LogP contribution in [0.2, 0.25) is 5.02 Å². The highest BCUT2D eigenvalue weighted by Crippen LogP contribution is 2.31. The van der Waals surface area contributed by atoms with Gasteiger partial charge in [0.25, 0.3) is 5.91 Å². The van der Waals surface area contributed by atoms with Gasteiger partial charge in [-0.1, -0.05) is 40.6 Å². The van der Waals surface area contributed by atoms with E-state index in [2.05, 4.69) is 10.3 Å². The summed E-state index contributed by atoms with van der Waals surface area (Å²) in [5, 5.41) is 3.97. The normalized spacial score (nSPS) is 10.7. The summed E-state index contributed by atoms with van der Waals surface area (Å²) in [5.74, 6) is 0.422. The lowest BCUT2D eigenvalue weighted by Gasteiger charge is -2.05. The predicted molar refractivity (Wildman–Crippen MR) is 94.7 cm³/mol. The summed E-state index contributed by atoms with van der Waals surface area (Å²) >= 11 is 7.50. The van der Waals surface area contributed by atoms with Crippen molar-refractivity contribution in [1.29, 1.82) is 0 Å². The number of thiazole rings is 1. The van der Waals surface area contributed by atoms with Crippen molar-refractivity contribution in [3.05, 3.63) is 52.5 Å². The number of carbonyl (C=O) groups excluding carboxylic acids is 1. The van der Waals surface area contributed by atoms with E-state index in [-0.39, 0.29) is 12.5 Å². The molecule has 2 aromatic carbocycles. The molecule has 3 rings (SSSR count). The number of aryl methyl sites for hydroxylation is 2. The molecule has 0 unspecified atom stereocenters. The van der Waals surface area contributed by atoms with E-state index >= 15 is 0 Å². The fourth-order valence-electron chi connectivity index (χ4n) is 2.09. The Morgan fingerprint density at radius 1 is 1.22 bits per heavy atom. The SMILES string of the molecule is Cc1ccc(OCC(=O)Nc2nc3c(C)c(Cl)ccc3s2)cc1. The number of halogens is 1. The molecular formula is C17H15ClN2O2S. The smallest absolute Gasteiger partial charge is 0.264 e. The first-order valence-electron chi connectivity index (χ1n) is 7.08. The third-order valence-corrected chi connectivity index (χ3v) is 4.73. The number of hydrogen-bond donors (Lipinski definition) is 1. The largest absolute Gasteiger partial charge is 0.484 e. The quantitative estimate of drug-likeness (QED) is 0.752. The number of rotatable bonds is 4. The molecule has 0 radical (unpaired) electrons. The highest BCUT2D eigenvalue weighted by atomic mass is 35.5. The molecule has 3 aromatic rings. The average molecular weight is 347 g/mol. The van der Waals surface area contributed by atoms with Gasteiger partial charge in [0.05, 0.1) is 10.2 Å². The van der Waals surface area contributed by atoms with Gasteiger partial charge in [0.2, 0.25) is 0 Å². The molecule has 6 heteroatoms. The van der Waals surface area contributed by atoms with Gasteiger partial charge in [-0.2, -0.15) is 0 Å². The summed E-state index contributed by atoms with van der Waals surface area (Å²) in [6, 6.07) is 11.3. The Morgan fingerprint density at radius 2 is 1.96 bits per heavy atom. The lowest BCUT2D eigenvalue weighted by Crippen LogP contribution is -2.19. The first kappa shape index (κ1) is 15.8. The maximum Gasteiger partial charge on any atom is 0.264 e. The van der Waals surface area contributed by atoms with E-state index in [9.17, 15) is 4.79 Å². The van der Waals surface area contributed by atoms with Gasteiger partial charge in [-0.05, 0) is 43.7 Å². The molecule has 0 saturated carbocycles. The molecule has 0 aliphatic heterocycles. The minimum Gasteiger partial charge on any atom is -0.484 e. The third-order valence-electron chi connectivity index (χ3n) is 3.39. The fourth-order valence-corrected chi connectivity index (χ4v) is 3.19. The van der Waals surface area contributed by atoms with Gasteiger partial charge in [0.15, 0.2) is 11.7 Å². The van der Waals surface area contributed by atoms with Gasteiger partial charge >= 0.3 is 0 Å². The van der Waals surface area contributed by atoms with Gasteiger partial charge in [0.1, 0.15) is 5.75 Å². The number of nitrogens with one attached hydrogen (secondary N) is 1. The Kier molecular flexibility index (Phi) is 4.50. The van der Waals surface area contributed by atoms with Crippen molar-refractivity contribution in [3.8, 4) is 5.75 Å². The number of hydrogen-bond acceptors (Lipinski definition) is 4. The van der Waals surface area contributed by atoms with Crippen LogP contribution in [-0.2, 0) is 4.79 Å². The van der Waals surface area contributed by atoms with Crippen LogP contribution < -0.4 is 10.1 Å². The third kappa shape index (κ3) is 3.63. The van der Waals surface area contributed by atoms with E-state index in [0.717, 1.165) is 21.3 Å². The van der Waals surface area contributed by atoms with Crippen LogP contribution in [0.5, 0.6) is 5.75 Å². The molecule has 0 spiro atoms. The van der Waals surface area contributed by atoms with Crippen molar-refractivity contribution in [3.63, 3.8) is 0 Å². The molecule has 118 valence electrons. The summed E-state index contributed by atoms with van der Waals surface area (Å²) in [6.07, 6.45) is 0. The lowest BCUT2D eigenvalue weighted by atomic mass is 10.2. The molecule has 0 saturated heterocycles. The molecule has 0 aliphatic carbocycles. The number of nitrogens with zero attached hydrogens (tertiary/aromatic N) is 1. The summed E-state index contributed by atoms with van der Waals surface area (Å²) in [5.41, 5.74) is 2.87. The molecular weight excluding hydrogens is 332 g/mol.